The van der Waals surface area contributed by atoms with Gasteiger partial charge < -0.3 is 5.73 Å². The lowest BCUT2D eigenvalue weighted by Crippen LogP contribution is -2.19. The van der Waals surface area contributed by atoms with Gasteiger partial charge in [-0.05, 0) is 35.7 Å². The molecule has 2 rings (SSSR count). The minimum absolute atomic E-state index is 0.115. The SMILES string of the molecule is CC(c1ccc(Cl)cc1)C(CN)c1ccc(C#N)cn1. The molecule has 0 spiro atoms. The number of hydrogen-bond donors (Lipinski definition) is 1. The van der Waals surface area contributed by atoms with Gasteiger partial charge >= 0.3 is 0 Å². The smallest absolute Gasteiger partial charge is 0.101 e. The molecular formula is C16H16ClN3. The topological polar surface area (TPSA) is 62.7 Å². The highest BCUT2D eigenvalue weighted by atomic mass is 35.5. The number of pyridine rings is 1. The molecule has 0 bridgehead atoms. The van der Waals surface area contributed by atoms with Gasteiger partial charge in [-0.25, -0.2) is 0 Å². The molecule has 2 atom stereocenters. The van der Waals surface area contributed by atoms with E-state index in [1.165, 1.54) is 5.56 Å². The molecular weight excluding hydrogens is 270 g/mol. The van der Waals surface area contributed by atoms with E-state index in [9.17, 15) is 0 Å². The van der Waals surface area contributed by atoms with Crippen molar-refractivity contribution in [2.75, 3.05) is 6.54 Å². The number of nitriles is 1. The first kappa shape index (κ1) is 14.5. The van der Waals surface area contributed by atoms with Crippen LogP contribution in [0.25, 0.3) is 0 Å². The van der Waals surface area contributed by atoms with Crippen LogP contribution in [-0.2, 0) is 0 Å². The molecule has 2 N–H and O–H groups in total. The second-order valence-corrected chi connectivity index (χ2v) is 5.20. The van der Waals surface area contributed by atoms with Crippen LogP contribution in [0.2, 0.25) is 5.02 Å². The lowest BCUT2D eigenvalue weighted by molar-refractivity contribution is 0.570. The van der Waals surface area contributed by atoms with Crippen molar-refractivity contribution in [1.82, 2.24) is 4.98 Å². The summed E-state index contributed by atoms with van der Waals surface area (Å²) < 4.78 is 0. The Morgan fingerprint density at radius 2 is 1.95 bits per heavy atom. The molecule has 2 unspecified atom stereocenters. The Morgan fingerprint density at radius 3 is 2.45 bits per heavy atom. The van der Waals surface area contributed by atoms with Gasteiger partial charge in [0.2, 0.25) is 0 Å². The Morgan fingerprint density at radius 1 is 1.25 bits per heavy atom. The largest absolute Gasteiger partial charge is 0.330 e. The Kier molecular flexibility index (Phi) is 4.73. The Labute approximate surface area is 124 Å². The molecule has 1 heterocycles. The predicted molar refractivity (Wildman–Crippen MR) is 80.6 cm³/mol. The third-order valence-corrected chi connectivity index (χ3v) is 3.80. The quantitative estimate of drug-likeness (QED) is 0.936. The van der Waals surface area contributed by atoms with Crippen molar-refractivity contribution in [2.45, 2.75) is 18.8 Å². The molecule has 1 aromatic carbocycles. The predicted octanol–water partition coefficient (Wildman–Crippen LogP) is 3.45. The highest BCUT2D eigenvalue weighted by Gasteiger charge is 2.20. The monoisotopic (exact) mass is 285 g/mol. The zero-order valence-corrected chi connectivity index (χ0v) is 12.0. The van der Waals surface area contributed by atoms with Crippen molar-refractivity contribution < 1.29 is 0 Å². The van der Waals surface area contributed by atoms with Crippen LogP contribution in [0.3, 0.4) is 0 Å². The van der Waals surface area contributed by atoms with Crippen LogP contribution in [0.1, 0.15) is 35.6 Å². The van der Waals surface area contributed by atoms with Gasteiger partial charge in [0, 0.05) is 29.4 Å². The summed E-state index contributed by atoms with van der Waals surface area (Å²) in [6.45, 7) is 2.63. The van der Waals surface area contributed by atoms with Crippen LogP contribution in [0.4, 0.5) is 0 Å². The molecule has 0 aliphatic rings. The molecule has 3 nitrogen and oxygen atoms in total. The minimum atomic E-state index is 0.115. The molecule has 102 valence electrons. The summed E-state index contributed by atoms with van der Waals surface area (Å²) >= 11 is 5.91. The molecule has 0 aliphatic carbocycles. The maximum Gasteiger partial charge on any atom is 0.101 e. The average Bonchev–Trinajstić information content (AvgIpc) is 2.49. The van der Waals surface area contributed by atoms with Crippen molar-refractivity contribution in [2.24, 2.45) is 5.73 Å². The Bertz CT molecular complexity index is 599. The van der Waals surface area contributed by atoms with Gasteiger partial charge in [-0.15, -0.1) is 0 Å². The molecule has 4 heteroatoms. The second kappa shape index (κ2) is 6.51. The van der Waals surface area contributed by atoms with Gasteiger partial charge in [0.1, 0.15) is 6.07 Å². The lowest BCUT2D eigenvalue weighted by Gasteiger charge is -2.22. The van der Waals surface area contributed by atoms with Crippen LogP contribution < -0.4 is 5.73 Å². The van der Waals surface area contributed by atoms with Gasteiger partial charge in [0.25, 0.3) is 0 Å². The van der Waals surface area contributed by atoms with Gasteiger partial charge in [0.05, 0.1) is 5.56 Å². The third kappa shape index (κ3) is 3.16. The van der Waals surface area contributed by atoms with Crippen molar-refractivity contribution in [3.63, 3.8) is 0 Å². The number of halogens is 1. The number of nitrogens with zero attached hydrogens (tertiary/aromatic N) is 2. The summed E-state index contributed by atoms with van der Waals surface area (Å²) in [6.07, 6.45) is 1.59. The minimum Gasteiger partial charge on any atom is -0.330 e. The molecule has 0 amide bonds. The first-order valence-electron chi connectivity index (χ1n) is 6.47. The van der Waals surface area contributed by atoms with Crippen molar-refractivity contribution in [1.29, 1.82) is 5.26 Å². The summed E-state index contributed by atoms with van der Waals surface area (Å²) in [6, 6.07) is 13.5. The second-order valence-electron chi connectivity index (χ2n) is 4.77. The summed E-state index contributed by atoms with van der Waals surface area (Å²) in [5, 5.41) is 9.53. The standard InChI is InChI=1S/C16H16ClN3/c1-11(13-3-5-14(17)6-4-13)15(9-19)16-7-2-12(8-18)10-20-16/h2-7,10-11,15H,9,19H2,1H3. The Balaban J connectivity index is 2.26. The van der Waals surface area contributed by atoms with Gasteiger partial charge in [-0.2, -0.15) is 5.26 Å². The van der Waals surface area contributed by atoms with Crippen LogP contribution in [0.5, 0.6) is 0 Å². The maximum absolute atomic E-state index is 8.81. The normalized spacial score (nSPS) is 13.5. The zero-order valence-electron chi connectivity index (χ0n) is 11.3. The van der Waals surface area contributed by atoms with E-state index in [1.54, 1.807) is 12.3 Å². The lowest BCUT2D eigenvalue weighted by atomic mass is 9.85. The first-order chi connectivity index (χ1) is 9.65. The Hall–Kier alpha value is -1.89. The number of hydrogen-bond acceptors (Lipinski definition) is 3. The molecule has 0 radical (unpaired) electrons. The van der Waals surface area contributed by atoms with Crippen molar-refractivity contribution in [3.05, 3.63) is 64.4 Å². The summed E-state index contributed by atoms with van der Waals surface area (Å²) in [7, 11) is 0. The van der Waals surface area contributed by atoms with E-state index in [4.69, 9.17) is 22.6 Å². The summed E-state index contributed by atoms with van der Waals surface area (Å²) in [5.74, 6) is 0.349. The van der Waals surface area contributed by atoms with Crippen LogP contribution >= 0.6 is 11.6 Å². The van der Waals surface area contributed by atoms with E-state index < -0.39 is 0 Å². The molecule has 0 aliphatic heterocycles. The molecule has 0 saturated heterocycles. The van der Waals surface area contributed by atoms with Gasteiger partial charge in [0.15, 0.2) is 0 Å². The van der Waals surface area contributed by atoms with E-state index in [0.29, 0.717) is 12.1 Å². The maximum atomic E-state index is 8.81. The summed E-state index contributed by atoms with van der Waals surface area (Å²) in [4.78, 5) is 4.36. The first-order valence-corrected chi connectivity index (χ1v) is 6.85. The van der Waals surface area contributed by atoms with E-state index in [-0.39, 0.29) is 11.8 Å². The molecule has 0 fully saturated rings. The van der Waals surface area contributed by atoms with Crippen LogP contribution in [0.15, 0.2) is 42.6 Å². The average molecular weight is 286 g/mol. The fourth-order valence-corrected chi connectivity index (χ4v) is 2.40. The van der Waals surface area contributed by atoms with Crippen molar-refractivity contribution >= 4 is 11.6 Å². The highest BCUT2D eigenvalue weighted by molar-refractivity contribution is 6.30. The van der Waals surface area contributed by atoms with Crippen LogP contribution in [-0.4, -0.2) is 11.5 Å². The van der Waals surface area contributed by atoms with E-state index in [0.717, 1.165) is 10.7 Å². The third-order valence-electron chi connectivity index (χ3n) is 3.55. The van der Waals surface area contributed by atoms with Gasteiger partial charge in [-0.3, -0.25) is 4.98 Å². The molecule has 2 aromatic rings. The number of rotatable bonds is 4. The van der Waals surface area contributed by atoms with Crippen LogP contribution in [0, 0.1) is 11.3 Å². The number of aromatic nitrogens is 1. The fourth-order valence-electron chi connectivity index (χ4n) is 2.27. The number of nitrogens with two attached hydrogens (primary N) is 1. The van der Waals surface area contributed by atoms with Gasteiger partial charge in [-0.1, -0.05) is 30.7 Å². The highest BCUT2D eigenvalue weighted by Crippen LogP contribution is 2.31. The van der Waals surface area contributed by atoms with E-state index in [2.05, 4.69) is 18.0 Å². The van der Waals surface area contributed by atoms with Crippen molar-refractivity contribution in [3.8, 4) is 6.07 Å². The fraction of sp³-hybridized carbons (Fsp3) is 0.250. The van der Waals surface area contributed by atoms with E-state index >= 15 is 0 Å². The molecule has 0 saturated carbocycles. The van der Waals surface area contributed by atoms with E-state index in [1.807, 2.05) is 30.3 Å². The molecule has 1 aromatic heterocycles. The number of benzene rings is 1. The summed E-state index contributed by atoms with van der Waals surface area (Å²) in [5.41, 5.74) is 8.56. The molecule has 20 heavy (non-hydrogen) atoms. The zero-order chi connectivity index (χ0) is 14.5.